The van der Waals surface area contributed by atoms with E-state index in [-0.39, 0.29) is 6.61 Å². The van der Waals surface area contributed by atoms with Crippen molar-refractivity contribution >= 4 is 16.1 Å². The predicted molar refractivity (Wildman–Crippen MR) is 86.2 cm³/mol. The van der Waals surface area contributed by atoms with Crippen molar-refractivity contribution in [2.75, 3.05) is 18.1 Å². The van der Waals surface area contributed by atoms with Gasteiger partial charge in [0, 0.05) is 18.8 Å². The zero-order chi connectivity index (χ0) is 16.0. The summed E-state index contributed by atoms with van der Waals surface area (Å²) < 4.78 is 34.5. The smallest absolute Gasteiger partial charge is 0.365 e. The van der Waals surface area contributed by atoms with Crippen LogP contribution in [0.4, 0.5) is 5.69 Å². The van der Waals surface area contributed by atoms with Crippen LogP contribution in [-0.2, 0) is 21.1 Å². The molecule has 0 unspecified atom stereocenters. The topological polar surface area (TPSA) is 66.8 Å². The van der Waals surface area contributed by atoms with Gasteiger partial charge in [-0.1, -0.05) is 42.5 Å². The Kier molecular flexibility index (Phi) is 5.54. The molecular weight excluding hydrogens is 302 g/mol. The molecule has 0 aliphatic heterocycles. The highest BCUT2D eigenvalue weighted by molar-refractivity contribution is 7.80. The fraction of sp³-hybridized carbons (Fsp3) is 0.250. The van der Waals surface area contributed by atoms with Crippen molar-refractivity contribution in [3.05, 3.63) is 65.7 Å². The molecule has 118 valence electrons. The highest BCUT2D eigenvalue weighted by Crippen LogP contribution is 2.18. The highest BCUT2D eigenvalue weighted by Gasteiger charge is 2.10. The lowest BCUT2D eigenvalue weighted by molar-refractivity contribution is 0.273. The zero-order valence-electron chi connectivity index (χ0n) is 12.3. The molecule has 0 fully saturated rings. The molecular formula is C16H19NO4S. The number of rotatable bonds is 7. The molecule has 0 aliphatic rings. The van der Waals surface area contributed by atoms with Crippen molar-refractivity contribution in [2.24, 2.45) is 0 Å². The first-order valence-corrected chi connectivity index (χ1v) is 8.28. The van der Waals surface area contributed by atoms with E-state index in [2.05, 4.69) is 4.18 Å². The van der Waals surface area contributed by atoms with Crippen molar-refractivity contribution in [3.8, 4) is 0 Å². The van der Waals surface area contributed by atoms with Gasteiger partial charge in [0.15, 0.2) is 0 Å². The molecule has 0 spiro atoms. The lowest BCUT2D eigenvalue weighted by Crippen LogP contribution is -2.27. The molecule has 0 amide bonds. The molecule has 0 saturated heterocycles. The van der Waals surface area contributed by atoms with Gasteiger partial charge in [-0.3, -0.25) is 4.55 Å². The standard InChI is InChI=1S/C16H19NO4S/c1-14-6-5-9-16(12-14)17(10-11-21-22(18,19)20)13-15-7-3-2-4-8-15/h2-9,12H,10-11,13H2,1H3,(H,18,19,20). The summed E-state index contributed by atoms with van der Waals surface area (Å²) in [6, 6.07) is 17.8. The average molecular weight is 321 g/mol. The van der Waals surface area contributed by atoms with E-state index in [0.717, 1.165) is 16.8 Å². The summed E-state index contributed by atoms with van der Waals surface area (Å²) in [5, 5.41) is 0. The Morgan fingerprint density at radius 1 is 1.09 bits per heavy atom. The van der Waals surface area contributed by atoms with Gasteiger partial charge in [-0.25, -0.2) is 4.18 Å². The van der Waals surface area contributed by atoms with Crippen LogP contribution in [-0.4, -0.2) is 26.1 Å². The minimum Gasteiger partial charge on any atom is -0.365 e. The molecule has 2 rings (SSSR count). The molecule has 0 radical (unpaired) electrons. The van der Waals surface area contributed by atoms with Crippen molar-refractivity contribution in [3.63, 3.8) is 0 Å². The molecule has 0 saturated carbocycles. The Balaban J connectivity index is 2.13. The second kappa shape index (κ2) is 7.40. The minimum absolute atomic E-state index is 0.111. The summed E-state index contributed by atoms with van der Waals surface area (Å²) in [5.74, 6) is 0. The summed E-state index contributed by atoms with van der Waals surface area (Å²) in [6.45, 7) is 2.86. The van der Waals surface area contributed by atoms with Crippen LogP contribution in [0.5, 0.6) is 0 Å². The maximum absolute atomic E-state index is 10.7. The Labute approximate surface area is 131 Å². The molecule has 6 heteroatoms. The van der Waals surface area contributed by atoms with Gasteiger partial charge >= 0.3 is 10.4 Å². The third kappa shape index (κ3) is 5.48. The Hall–Kier alpha value is -1.89. The highest BCUT2D eigenvalue weighted by atomic mass is 32.3. The molecule has 1 N–H and O–H groups in total. The molecule has 0 heterocycles. The number of nitrogens with zero attached hydrogens (tertiary/aromatic N) is 1. The largest absolute Gasteiger partial charge is 0.397 e. The molecule has 0 atom stereocenters. The van der Waals surface area contributed by atoms with E-state index in [4.69, 9.17) is 4.55 Å². The summed E-state index contributed by atoms with van der Waals surface area (Å²) >= 11 is 0. The third-order valence-corrected chi connectivity index (χ3v) is 3.64. The van der Waals surface area contributed by atoms with Gasteiger partial charge < -0.3 is 4.90 Å². The van der Waals surface area contributed by atoms with E-state index in [9.17, 15) is 8.42 Å². The van der Waals surface area contributed by atoms with Gasteiger partial charge in [-0.2, -0.15) is 8.42 Å². The Morgan fingerprint density at radius 3 is 2.45 bits per heavy atom. The van der Waals surface area contributed by atoms with Gasteiger partial charge in [0.2, 0.25) is 0 Å². The first-order chi connectivity index (χ1) is 10.4. The molecule has 0 aromatic heterocycles. The fourth-order valence-corrected chi connectivity index (χ4v) is 2.47. The summed E-state index contributed by atoms with van der Waals surface area (Å²) in [5.41, 5.74) is 3.20. The van der Waals surface area contributed by atoms with Gasteiger partial charge in [-0.05, 0) is 30.2 Å². The lowest BCUT2D eigenvalue weighted by atomic mass is 10.1. The van der Waals surface area contributed by atoms with E-state index >= 15 is 0 Å². The number of hydrogen-bond acceptors (Lipinski definition) is 4. The van der Waals surface area contributed by atoms with Crippen LogP contribution in [0.1, 0.15) is 11.1 Å². The minimum atomic E-state index is -4.41. The fourth-order valence-electron chi connectivity index (χ4n) is 2.18. The van der Waals surface area contributed by atoms with Gasteiger partial charge in [0.05, 0.1) is 6.61 Å². The Bertz CT molecular complexity index is 701. The average Bonchev–Trinajstić information content (AvgIpc) is 2.46. The first-order valence-electron chi connectivity index (χ1n) is 6.91. The zero-order valence-corrected chi connectivity index (χ0v) is 13.2. The number of aryl methyl sites for hydroxylation is 1. The maximum atomic E-state index is 10.7. The maximum Gasteiger partial charge on any atom is 0.397 e. The predicted octanol–water partition coefficient (Wildman–Crippen LogP) is 2.82. The normalized spacial score (nSPS) is 11.4. The van der Waals surface area contributed by atoms with Crippen LogP contribution >= 0.6 is 0 Å². The molecule has 2 aromatic rings. The number of anilines is 1. The van der Waals surface area contributed by atoms with Gasteiger partial charge in [-0.15, -0.1) is 0 Å². The molecule has 22 heavy (non-hydrogen) atoms. The van der Waals surface area contributed by atoms with Crippen LogP contribution in [0.25, 0.3) is 0 Å². The summed E-state index contributed by atoms with van der Waals surface area (Å²) in [7, 11) is -4.41. The molecule has 0 bridgehead atoms. The van der Waals surface area contributed by atoms with Gasteiger partial charge in [0.1, 0.15) is 0 Å². The lowest BCUT2D eigenvalue weighted by Gasteiger charge is -2.25. The summed E-state index contributed by atoms with van der Waals surface area (Å²) in [4.78, 5) is 2.01. The van der Waals surface area contributed by atoms with E-state index < -0.39 is 10.4 Å². The van der Waals surface area contributed by atoms with E-state index in [0.29, 0.717) is 13.1 Å². The second-order valence-corrected chi connectivity index (χ2v) is 6.09. The molecule has 5 nitrogen and oxygen atoms in total. The van der Waals surface area contributed by atoms with Crippen molar-refractivity contribution < 1.29 is 17.2 Å². The van der Waals surface area contributed by atoms with Crippen LogP contribution in [0.15, 0.2) is 54.6 Å². The molecule has 0 aliphatic carbocycles. The second-order valence-electron chi connectivity index (χ2n) is 5.00. The van der Waals surface area contributed by atoms with Crippen molar-refractivity contribution in [2.45, 2.75) is 13.5 Å². The third-order valence-electron chi connectivity index (χ3n) is 3.18. The van der Waals surface area contributed by atoms with E-state index in [1.807, 2.05) is 66.4 Å². The number of benzene rings is 2. The monoisotopic (exact) mass is 321 g/mol. The van der Waals surface area contributed by atoms with E-state index in [1.165, 1.54) is 0 Å². The van der Waals surface area contributed by atoms with Crippen molar-refractivity contribution in [1.82, 2.24) is 0 Å². The summed E-state index contributed by atoms with van der Waals surface area (Å²) in [6.07, 6.45) is 0. The van der Waals surface area contributed by atoms with Crippen molar-refractivity contribution in [1.29, 1.82) is 0 Å². The number of hydrogen-bond donors (Lipinski definition) is 1. The Morgan fingerprint density at radius 2 is 1.82 bits per heavy atom. The van der Waals surface area contributed by atoms with E-state index in [1.54, 1.807) is 0 Å². The van der Waals surface area contributed by atoms with Crippen LogP contribution in [0.2, 0.25) is 0 Å². The van der Waals surface area contributed by atoms with Gasteiger partial charge in [0.25, 0.3) is 0 Å². The van der Waals surface area contributed by atoms with Crippen LogP contribution < -0.4 is 4.90 Å². The first kappa shape index (κ1) is 16.5. The van der Waals surface area contributed by atoms with Crippen LogP contribution in [0, 0.1) is 6.92 Å². The van der Waals surface area contributed by atoms with Crippen LogP contribution in [0.3, 0.4) is 0 Å². The quantitative estimate of drug-likeness (QED) is 0.794. The molecule has 2 aromatic carbocycles. The SMILES string of the molecule is Cc1cccc(N(CCOS(=O)(=O)O)Cc2ccccc2)c1.